The van der Waals surface area contributed by atoms with Crippen molar-refractivity contribution in [3.05, 3.63) is 48.3 Å². The number of benzene rings is 1. The van der Waals surface area contributed by atoms with Crippen LogP contribution in [-0.2, 0) is 22.5 Å². The maximum Gasteiger partial charge on any atom is 0.227 e. The van der Waals surface area contributed by atoms with Gasteiger partial charge in [0.25, 0.3) is 0 Å². The largest absolute Gasteiger partial charge is 0.382 e. The maximum absolute atomic E-state index is 13.0. The second kappa shape index (κ2) is 6.84. The Bertz CT molecular complexity index is 915. The van der Waals surface area contributed by atoms with E-state index in [4.69, 9.17) is 10.5 Å². The first-order chi connectivity index (χ1) is 12.6. The molecular formula is C19H23N5O2. The van der Waals surface area contributed by atoms with E-state index in [1.807, 2.05) is 41.6 Å². The number of nitrogens with one attached hydrogen (secondary N) is 1. The predicted octanol–water partition coefficient (Wildman–Crippen LogP) is 1.81. The highest BCUT2D eigenvalue weighted by Crippen LogP contribution is 2.24. The second-order valence-electron chi connectivity index (χ2n) is 6.79. The molecule has 0 aliphatic carbocycles. The number of fused-ring (bicyclic) bond motifs is 1. The van der Waals surface area contributed by atoms with E-state index in [9.17, 15) is 4.79 Å². The Balaban J connectivity index is 1.52. The normalized spacial score (nSPS) is 20.1. The van der Waals surface area contributed by atoms with Gasteiger partial charge in [0, 0.05) is 37.0 Å². The third-order valence-corrected chi connectivity index (χ3v) is 5.11. The average Bonchev–Trinajstić information content (AvgIpc) is 3.35. The molecule has 3 N–H and O–H groups in total. The molecule has 1 amide bonds. The molecule has 0 unspecified atom stereocenters. The number of amides is 1. The van der Waals surface area contributed by atoms with Gasteiger partial charge in [-0.15, -0.1) is 0 Å². The van der Waals surface area contributed by atoms with Crippen LogP contribution >= 0.6 is 0 Å². The molecule has 7 nitrogen and oxygen atoms in total. The van der Waals surface area contributed by atoms with E-state index in [0.717, 1.165) is 22.9 Å². The minimum absolute atomic E-state index is 0.0527. The Morgan fingerprint density at radius 3 is 3.00 bits per heavy atom. The third kappa shape index (κ3) is 3.17. The molecule has 2 atom stereocenters. The van der Waals surface area contributed by atoms with E-state index in [2.05, 4.69) is 10.1 Å². The van der Waals surface area contributed by atoms with Crippen LogP contribution in [0, 0.1) is 0 Å². The molecular weight excluding hydrogens is 330 g/mol. The molecule has 1 aliphatic heterocycles. The van der Waals surface area contributed by atoms with Crippen molar-refractivity contribution in [2.75, 3.05) is 19.4 Å². The third-order valence-electron chi connectivity index (χ3n) is 5.11. The number of hydrogen-bond acceptors (Lipinski definition) is 4. The number of carbonyl (C=O) groups excluding carboxylic acids is 1. The molecule has 1 aromatic carbocycles. The number of nitrogens with two attached hydrogens (primary N) is 1. The summed E-state index contributed by atoms with van der Waals surface area (Å²) in [6.45, 7) is 1.23. The van der Waals surface area contributed by atoms with Crippen LogP contribution in [0.3, 0.4) is 0 Å². The van der Waals surface area contributed by atoms with Crippen molar-refractivity contribution in [1.29, 1.82) is 0 Å². The van der Waals surface area contributed by atoms with Crippen LogP contribution < -0.4 is 5.73 Å². The molecule has 0 radical (unpaired) electrons. The van der Waals surface area contributed by atoms with E-state index < -0.39 is 0 Å². The summed E-state index contributed by atoms with van der Waals surface area (Å²) in [5.41, 5.74) is 7.78. The van der Waals surface area contributed by atoms with E-state index in [1.54, 1.807) is 17.9 Å². The Morgan fingerprint density at radius 2 is 2.23 bits per heavy atom. The molecule has 3 aromatic rings. The minimum atomic E-state index is 0.0527. The highest BCUT2D eigenvalue weighted by Gasteiger charge is 2.35. The number of likely N-dealkylation sites (tertiary alicyclic amines) is 1. The fourth-order valence-corrected chi connectivity index (χ4v) is 3.76. The number of carbonyl (C=O) groups is 1. The lowest BCUT2D eigenvalue weighted by atomic mass is 10.1. The van der Waals surface area contributed by atoms with Crippen LogP contribution in [0.2, 0.25) is 0 Å². The first-order valence-electron chi connectivity index (χ1n) is 8.80. The van der Waals surface area contributed by atoms with E-state index in [1.165, 1.54) is 0 Å². The van der Waals surface area contributed by atoms with Crippen molar-refractivity contribution in [2.24, 2.45) is 0 Å². The molecule has 0 spiro atoms. The first-order valence-corrected chi connectivity index (χ1v) is 8.80. The van der Waals surface area contributed by atoms with Gasteiger partial charge in [0.2, 0.25) is 5.91 Å². The van der Waals surface area contributed by atoms with Crippen LogP contribution in [-0.4, -0.2) is 51.4 Å². The summed E-state index contributed by atoms with van der Waals surface area (Å²) in [6.07, 6.45) is 5.00. The van der Waals surface area contributed by atoms with Gasteiger partial charge < -0.3 is 20.4 Å². The molecule has 1 fully saturated rings. The zero-order valence-corrected chi connectivity index (χ0v) is 14.8. The highest BCUT2D eigenvalue weighted by molar-refractivity contribution is 5.89. The number of ether oxygens (including phenoxy) is 1. The van der Waals surface area contributed by atoms with Crippen LogP contribution in [0.15, 0.2) is 42.7 Å². The summed E-state index contributed by atoms with van der Waals surface area (Å²) in [5.74, 6) is 0.599. The lowest BCUT2D eigenvalue weighted by molar-refractivity contribution is -0.131. The monoisotopic (exact) mass is 353 g/mol. The number of H-pyrrole nitrogens is 1. The number of aromatic amines is 1. The van der Waals surface area contributed by atoms with Gasteiger partial charge in [0.15, 0.2) is 0 Å². The van der Waals surface area contributed by atoms with Gasteiger partial charge in [-0.25, -0.2) is 0 Å². The number of rotatable bonds is 5. The summed E-state index contributed by atoms with van der Waals surface area (Å²) >= 11 is 0. The van der Waals surface area contributed by atoms with Crippen molar-refractivity contribution in [3.8, 4) is 0 Å². The molecule has 7 heteroatoms. The first kappa shape index (κ1) is 16.7. The Labute approximate surface area is 151 Å². The fourth-order valence-electron chi connectivity index (χ4n) is 3.76. The van der Waals surface area contributed by atoms with Crippen molar-refractivity contribution in [2.45, 2.75) is 31.5 Å². The van der Waals surface area contributed by atoms with Gasteiger partial charge >= 0.3 is 0 Å². The molecule has 136 valence electrons. The Kier molecular flexibility index (Phi) is 4.38. The molecule has 1 saturated heterocycles. The quantitative estimate of drug-likeness (QED) is 0.732. The molecule has 2 aromatic heterocycles. The minimum Gasteiger partial charge on any atom is -0.382 e. The number of anilines is 1. The van der Waals surface area contributed by atoms with Crippen LogP contribution in [0.5, 0.6) is 0 Å². The molecule has 26 heavy (non-hydrogen) atoms. The van der Waals surface area contributed by atoms with Crippen LogP contribution in [0.25, 0.3) is 10.9 Å². The molecule has 0 saturated carbocycles. The molecule has 1 aliphatic rings. The van der Waals surface area contributed by atoms with Gasteiger partial charge in [-0.05, 0) is 24.1 Å². The zero-order valence-electron chi connectivity index (χ0n) is 14.8. The van der Waals surface area contributed by atoms with Gasteiger partial charge in [-0.3, -0.25) is 9.48 Å². The standard InChI is InChI=1S/C19H23N5O2/c1-26-15-9-14(11-23-7-6-18(20)22-23)24(12-15)19(25)8-13-10-21-17-5-3-2-4-16(13)17/h2-7,10,14-15,21H,8-9,11-12H2,1H3,(H2,20,22)/t14-,15-/m0/s1. The molecule has 0 bridgehead atoms. The van der Waals surface area contributed by atoms with Crippen molar-refractivity contribution >= 4 is 22.6 Å². The second-order valence-corrected chi connectivity index (χ2v) is 6.79. The summed E-state index contributed by atoms with van der Waals surface area (Å²) in [6, 6.07) is 9.86. The number of aromatic nitrogens is 3. The predicted molar refractivity (Wildman–Crippen MR) is 99.6 cm³/mol. The fraction of sp³-hybridized carbons (Fsp3) is 0.368. The topological polar surface area (TPSA) is 89.2 Å². The van der Waals surface area contributed by atoms with E-state index in [0.29, 0.717) is 25.3 Å². The van der Waals surface area contributed by atoms with E-state index in [-0.39, 0.29) is 18.1 Å². The zero-order chi connectivity index (χ0) is 18.1. The van der Waals surface area contributed by atoms with Gasteiger partial charge in [-0.2, -0.15) is 5.10 Å². The smallest absolute Gasteiger partial charge is 0.227 e. The van der Waals surface area contributed by atoms with E-state index >= 15 is 0 Å². The van der Waals surface area contributed by atoms with Gasteiger partial charge in [-0.1, -0.05) is 18.2 Å². The molecule has 3 heterocycles. The van der Waals surface area contributed by atoms with Crippen LogP contribution in [0.1, 0.15) is 12.0 Å². The Morgan fingerprint density at radius 1 is 1.38 bits per heavy atom. The number of nitrogen functional groups attached to an aromatic ring is 1. The summed E-state index contributed by atoms with van der Waals surface area (Å²) in [4.78, 5) is 18.2. The Hall–Kier alpha value is -2.80. The van der Waals surface area contributed by atoms with Crippen LogP contribution in [0.4, 0.5) is 5.82 Å². The number of nitrogens with zero attached hydrogens (tertiary/aromatic N) is 3. The van der Waals surface area contributed by atoms with Gasteiger partial charge in [0.1, 0.15) is 5.82 Å². The molecule has 4 rings (SSSR count). The lowest BCUT2D eigenvalue weighted by Gasteiger charge is -2.24. The van der Waals surface area contributed by atoms with Gasteiger partial charge in [0.05, 0.1) is 25.1 Å². The lowest BCUT2D eigenvalue weighted by Crippen LogP contribution is -2.39. The van der Waals surface area contributed by atoms with Crippen molar-refractivity contribution in [3.63, 3.8) is 0 Å². The number of methoxy groups -OCH3 is 1. The van der Waals surface area contributed by atoms with Crippen molar-refractivity contribution in [1.82, 2.24) is 19.7 Å². The number of hydrogen-bond donors (Lipinski definition) is 2. The van der Waals surface area contributed by atoms with Crippen molar-refractivity contribution < 1.29 is 9.53 Å². The summed E-state index contributed by atoms with van der Waals surface area (Å²) in [7, 11) is 1.70. The SMILES string of the molecule is CO[C@H]1C[C@@H](Cn2ccc(N)n2)N(C(=O)Cc2c[nH]c3ccccc23)C1. The summed E-state index contributed by atoms with van der Waals surface area (Å²) < 4.78 is 7.31. The number of para-hydroxylation sites is 1. The average molecular weight is 353 g/mol. The highest BCUT2D eigenvalue weighted by atomic mass is 16.5. The summed E-state index contributed by atoms with van der Waals surface area (Å²) in [5, 5.41) is 5.34. The maximum atomic E-state index is 13.0.